The minimum absolute atomic E-state index is 0.280. The molecule has 1 N–H and O–H groups in total. The topological polar surface area (TPSA) is 100 Å². The van der Waals surface area contributed by atoms with Crippen molar-refractivity contribution in [3.63, 3.8) is 0 Å². The zero-order valence-electron chi connectivity index (χ0n) is 30.0. The number of nitrogens with one attached hydrogen (secondary N) is 1. The minimum Gasteiger partial charge on any atom is -0.494 e. The van der Waals surface area contributed by atoms with Crippen LogP contribution in [-0.4, -0.2) is 31.1 Å². The second kappa shape index (κ2) is 21.9. The van der Waals surface area contributed by atoms with Gasteiger partial charge in [-0.05, 0) is 110 Å². The van der Waals surface area contributed by atoms with Crippen LogP contribution in [0.4, 0.5) is 5.69 Å². The van der Waals surface area contributed by atoms with E-state index in [1.54, 1.807) is 48.5 Å². The molecule has 4 aromatic rings. The van der Waals surface area contributed by atoms with E-state index in [0.29, 0.717) is 47.3 Å². The van der Waals surface area contributed by atoms with Gasteiger partial charge in [-0.25, -0.2) is 9.59 Å². The lowest BCUT2D eigenvalue weighted by molar-refractivity contribution is 0.0730. The highest BCUT2D eigenvalue weighted by molar-refractivity contribution is 6.04. The zero-order chi connectivity index (χ0) is 36.1. The third-order valence-electron chi connectivity index (χ3n) is 8.36. The maximum Gasteiger partial charge on any atom is 0.343 e. The van der Waals surface area contributed by atoms with Gasteiger partial charge in [0.2, 0.25) is 0 Å². The molecule has 0 spiro atoms. The van der Waals surface area contributed by atoms with Gasteiger partial charge in [-0.15, -0.1) is 0 Å². The number of carbonyl (C=O) groups is 3. The Morgan fingerprint density at radius 3 is 1.22 bits per heavy atom. The van der Waals surface area contributed by atoms with E-state index in [1.807, 2.05) is 24.3 Å². The quantitative estimate of drug-likeness (QED) is 0.0497. The van der Waals surface area contributed by atoms with Crippen LogP contribution >= 0.6 is 0 Å². The van der Waals surface area contributed by atoms with Gasteiger partial charge >= 0.3 is 11.9 Å². The molecule has 0 saturated heterocycles. The van der Waals surface area contributed by atoms with Crippen molar-refractivity contribution in [3.8, 4) is 23.0 Å². The molecule has 51 heavy (non-hydrogen) atoms. The molecule has 0 atom stereocenters. The summed E-state index contributed by atoms with van der Waals surface area (Å²) < 4.78 is 22.6. The number of esters is 2. The number of unbranched alkanes of at least 4 members (excludes halogenated alkanes) is 10. The van der Waals surface area contributed by atoms with Crippen LogP contribution in [0.3, 0.4) is 0 Å². The van der Waals surface area contributed by atoms with Crippen molar-refractivity contribution < 1.29 is 33.3 Å². The molecule has 270 valence electrons. The maximum atomic E-state index is 12.8. The zero-order valence-corrected chi connectivity index (χ0v) is 30.0. The number of rotatable bonds is 22. The van der Waals surface area contributed by atoms with Crippen molar-refractivity contribution in [2.45, 2.75) is 90.9 Å². The molecule has 0 aliphatic carbocycles. The summed E-state index contributed by atoms with van der Waals surface area (Å²) in [5, 5.41) is 2.87. The molecule has 0 bridgehead atoms. The van der Waals surface area contributed by atoms with Gasteiger partial charge < -0.3 is 24.3 Å². The van der Waals surface area contributed by atoms with E-state index in [0.717, 1.165) is 25.0 Å². The van der Waals surface area contributed by atoms with E-state index in [-0.39, 0.29) is 11.5 Å². The first-order valence-electron chi connectivity index (χ1n) is 18.4. The third kappa shape index (κ3) is 14.0. The van der Waals surface area contributed by atoms with Crippen LogP contribution < -0.4 is 24.3 Å². The van der Waals surface area contributed by atoms with Gasteiger partial charge in [-0.3, -0.25) is 4.79 Å². The van der Waals surface area contributed by atoms with Gasteiger partial charge in [-0.1, -0.05) is 78.1 Å². The van der Waals surface area contributed by atoms with Crippen molar-refractivity contribution in [1.29, 1.82) is 0 Å². The van der Waals surface area contributed by atoms with E-state index < -0.39 is 11.9 Å². The molecule has 8 heteroatoms. The molecule has 0 aromatic heterocycles. The molecular weight excluding hydrogens is 642 g/mol. The Kier molecular flexibility index (Phi) is 16.6. The highest BCUT2D eigenvalue weighted by Gasteiger charge is 2.13. The highest BCUT2D eigenvalue weighted by Crippen LogP contribution is 2.21. The lowest BCUT2D eigenvalue weighted by Crippen LogP contribution is -2.12. The summed E-state index contributed by atoms with van der Waals surface area (Å²) in [5.74, 6) is 0.693. The van der Waals surface area contributed by atoms with E-state index in [1.165, 1.54) is 82.1 Å². The predicted octanol–water partition coefficient (Wildman–Crippen LogP) is 10.9. The largest absolute Gasteiger partial charge is 0.494 e. The number of hydrogen-bond acceptors (Lipinski definition) is 7. The molecule has 0 aliphatic heterocycles. The fourth-order valence-corrected chi connectivity index (χ4v) is 5.34. The van der Waals surface area contributed by atoms with Crippen molar-refractivity contribution >= 4 is 23.5 Å². The van der Waals surface area contributed by atoms with Gasteiger partial charge in [0, 0.05) is 11.3 Å². The molecule has 0 radical (unpaired) electrons. The fourth-order valence-electron chi connectivity index (χ4n) is 5.34. The highest BCUT2D eigenvalue weighted by atomic mass is 16.5. The van der Waals surface area contributed by atoms with Gasteiger partial charge in [0.1, 0.15) is 23.0 Å². The molecule has 4 rings (SSSR count). The third-order valence-corrected chi connectivity index (χ3v) is 8.36. The summed E-state index contributed by atoms with van der Waals surface area (Å²) in [7, 11) is 0. The summed E-state index contributed by atoms with van der Waals surface area (Å²) in [6.07, 6.45) is 14.4. The van der Waals surface area contributed by atoms with Crippen LogP contribution in [0.15, 0.2) is 97.1 Å². The molecule has 0 heterocycles. The standard InChI is InChI=1S/C43H51NO7/c1-3-5-7-9-11-13-31-48-37-23-17-34(18-24-37)42(46)51-40-27-19-35(20-28-40)43(47)50-39-25-15-33(16-26-39)41(45)44-36-21-29-38(30-22-36)49-32-14-12-10-8-6-4-2/h15-30H,3-14,31-32H2,1-2H3,(H,44,45). The van der Waals surface area contributed by atoms with E-state index in [9.17, 15) is 14.4 Å². The molecule has 0 unspecified atom stereocenters. The first-order chi connectivity index (χ1) is 24.9. The Morgan fingerprint density at radius 1 is 0.431 bits per heavy atom. The molecule has 0 aliphatic rings. The first-order valence-corrected chi connectivity index (χ1v) is 18.4. The number of carbonyl (C=O) groups excluding carboxylic acids is 3. The number of hydrogen-bond donors (Lipinski definition) is 1. The Balaban J connectivity index is 1.17. The fraction of sp³-hybridized carbons (Fsp3) is 0.372. The summed E-state index contributed by atoms with van der Waals surface area (Å²) in [6.45, 7) is 5.76. The minimum atomic E-state index is -0.583. The van der Waals surface area contributed by atoms with Gasteiger partial charge in [0.15, 0.2) is 0 Å². The molecule has 8 nitrogen and oxygen atoms in total. The van der Waals surface area contributed by atoms with Crippen molar-refractivity contribution in [1.82, 2.24) is 0 Å². The summed E-state index contributed by atoms with van der Waals surface area (Å²) in [5.41, 5.74) is 1.74. The lowest BCUT2D eigenvalue weighted by Gasteiger charge is -2.09. The normalized spacial score (nSPS) is 10.7. The average Bonchev–Trinajstić information content (AvgIpc) is 3.15. The van der Waals surface area contributed by atoms with Crippen LogP contribution in [0.25, 0.3) is 0 Å². The number of benzene rings is 4. The summed E-state index contributed by atoms with van der Waals surface area (Å²) in [4.78, 5) is 38.2. The molecular formula is C43H51NO7. The van der Waals surface area contributed by atoms with E-state index in [4.69, 9.17) is 18.9 Å². The van der Waals surface area contributed by atoms with E-state index >= 15 is 0 Å². The van der Waals surface area contributed by atoms with Crippen molar-refractivity contribution in [3.05, 3.63) is 114 Å². The van der Waals surface area contributed by atoms with Gasteiger partial charge in [0.25, 0.3) is 5.91 Å². The second-order valence-electron chi connectivity index (χ2n) is 12.6. The van der Waals surface area contributed by atoms with Crippen molar-refractivity contribution in [2.75, 3.05) is 18.5 Å². The maximum absolute atomic E-state index is 12.8. The van der Waals surface area contributed by atoms with Gasteiger partial charge in [0.05, 0.1) is 24.3 Å². The SMILES string of the molecule is CCCCCCCCOc1ccc(NC(=O)c2ccc(OC(=O)c3ccc(OC(=O)c4ccc(OCCCCCCCC)cc4)cc3)cc2)cc1. The smallest absolute Gasteiger partial charge is 0.343 e. The second-order valence-corrected chi connectivity index (χ2v) is 12.6. The van der Waals surface area contributed by atoms with E-state index in [2.05, 4.69) is 19.2 Å². The van der Waals surface area contributed by atoms with Crippen LogP contribution in [0, 0.1) is 0 Å². The Hall–Kier alpha value is -5.11. The summed E-state index contributed by atoms with van der Waals surface area (Å²) >= 11 is 0. The number of anilines is 1. The van der Waals surface area contributed by atoms with Crippen LogP contribution in [0.5, 0.6) is 23.0 Å². The number of amides is 1. The molecule has 0 saturated carbocycles. The van der Waals surface area contributed by atoms with Crippen LogP contribution in [-0.2, 0) is 0 Å². The average molecular weight is 694 g/mol. The van der Waals surface area contributed by atoms with Crippen LogP contribution in [0.1, 0.15) is 122 Å². The van der Waals surface area contributed by atoms with Gasteiger partial charge in [-0.2, -0.15) is 0 Å². The van der Waals surface area contributed by atoms with Crippen molar-refractivity contribution in [2.24, 2.45) is 0 Å². The van der Waals surface area contributed by atoms with Crippen LogP contribution in [0.2, 0.25) is 0 Å². The number of ether oxygens (including phenoxy) is 4. The predicted molar refractivity (Wildman–Crippen MR) is 201 cm³/mol. The Labute approximate surface area is 302 Å². The summed E-state index contributed by atoms with van der Waals surface area (Å²) in [6, 6.07) is 26.6. The Bertz CT molecular complexity index is 1620. The lowest BCUT2D eigenvalue weighted by atomic mass is 10.1. The molecule has 1 amide bonds. The molecule has 4 aromatic carbocycles. The first kappa shape index (κ1) is 38.7. The monoisotopic (exact) mass is 693 g/mol. The Morgan fingerprint density at radius 2 is 0.784 bits per heavy atom. The molecule has 0 fully saturated rings.